The van der Waals surface area contributed by atoms with E-state index in [9.17, 15) is 26.4 Å². The Kier molecular flexibility index (Phi) is 7.73. The van der Waals surface area contributed by atoms with Gasteiger partial charge in [0.25, 0.3) is 5.91 Å². The first-order valence-corrected chi connectivity index (χ1v) is 11.1. The Hall–Kier alpha value is -2.04. The zero-order valence-corrected chi connectivity index (χ0v) is 17.4. The van der Waals surface area contributed by atoms with Gasteiger partial charge in [-0.15, -0.1) is 0 Å². The molecule has 0 spiro atoms. The van der Waals surface area contributed by atoms with Gasteiger partial charge in [-0.1, -0.05) is 36.4 Å². The van der Waals surface area contributed by atoms with Gasteiger partial charge in [0.05, 0.1) is 11.3 Å². The fraction of sp³-hybridized carbons (Fsp3) is 0.316. The fourth-order valence-electron chi connectivity index (χ4n) is 2.52. The molecule has 5 nitrogen and oxygen atoms in total. The topological polar surface area (TPSA) is 75.3 Å². The Balaban J connectivity index is 2.00. The van der Waals surface area contributed by atoms with Crippen molar-refractivity contribution >= 4 is 27.7 Å². The number of benzene rings is 2. The van der Waals surface area contributed by atoms with Crippen molar-refractivity contribution in [1.29, 1.82) is 0 Å². The lowest BCUT2D eigenvalue weighted by Gasteiger charge is -2.12. The van der Waals surface area contributed by atoms with Gasteiger partial charge in [0, 0.05) is 17.5 Å². The predicted octanol–water partition coefficient (Wildman–Crippen LogP) is 4.06. The van der Waals surface area contributed by atoms with E-state index in [4.69, 9.17) is 0 Å². The molecule has 0 fully saturated rings. The summed E-state index contributed by atoms with van der Waals surface area (Å²) in [5.74, 6) is -0.787. The van der Waals surface area contributed by atoms with E-state index in [0.717, 1.165) is 0 Å². The van der Waals surface area contributed by atoms with Crippen LogP contribution in [-0.2, 0) is 22.3 Å². The van der Waals surface area contributed by atoms with Crippen LogP contribution in [0.2, 0.25) is 0 Å². The first kappa shape index (κ1) is 23.2. The van der Waals surface area contributed by atoms with Gasteiger partial charge >= 0.3 is 5.51 Å². The van der Waals surface area contributed by atoms with Crippen LogP contribution in [-0.4, -0.2) is 25.9 Å². The van der Waals surface area contributed by atoms with E-state index in [-0.39, 0.29) is 40.6 Å². The molecule has 2 aromatic carbocycles. The second-order valence-electron chi connectivity index (χ2n) is 6.57. The third-order valence-corrected chi connectivity index (χ3v) is 5.96. The van der Waals surface area contributed by atoms with Crippen molar-refractivity contribution in [3.05, 3.63) is 65.2 Å². The van der Waals surface area contributed by atoms with Gasteiger partial charge in [0.2, 0.25) is 10.0 Å². The molecular formula is C19H21F3N2O3S2. The number of carbonyl (C=O) groups excluding carboxylic acids is 1. The van der Waals surface area contributed by atoms with E-state index in [1.807, 2.05) is 0 Å². The molecule has 10 heteroatoms. The highest BCUT2D eigenvalue weighted by Crippen LogP contribution is 2.38. The standard InChI is InChI=1S/C19H21F3N2O3S2/c1-13(2)24-29(26,27)12-15-9-7-14(8-10-15)11-23-18(25)16-5-3-4-6-17(16)28-19(20,21)22/h3-10,13,24H,11-12H2,1-2H3,(H,23,25). The normalized spacial score (nSPS) is 12.2. The summed E-state index contributed by atoms with van der Waals surface area (Å²) in [4.78, 5) is 12.1. The number of hydrogen-bond acceptors (Lipinski definition) is 4. The smallest absolute Gasteiger partial charge is 0.348 e. The van der Waals surface area contributed by atoms with Crippen LogP contribution in [0.3, 0.4) is 0 Å². The Morgan fingerprint density at radius 1 is 1.03 bits per heavy atom. The SMILES string of the molecule is CC(C)NS(=O)(=O)Cc1ccc(CNC(=O)c2ccccc2SC(F)(F)F)cc1. The van der Waals surface area contributed by atoms with Crippen molar-refractivity contribution in [2.75, 3.05) is 0 Å². The lowest BCUT2D eigenvalue weighted by atomic mass is 10.1. The Morgan fingerprint density at radius 2 is 1.62 bits per heavy atom. The molecule has 0 saturated heterocycles. The van der Waals surface area contributed by atoms with Gasteiger partial charge in [-0.25, -0.2) is 13.1 Å². The molecule has 0 radical (unpaired) electrons. The summed E-state index contributed by atoms with van der Waals surface area (Å²) in [6.07, 6.45) is 0. The second-order valence-corrected chi connectivity index (χ2v) is 9.44. The number of nitrogens with one attached hydrogen (secondary N) is 2. The largest absolute Gasteiger partial charge is 0.446 e. The molecule has 29 heavy (non-hydrogen) atoms. The number of hydrogen-bond donors (Lipinski definition) is 2. The summed E-state index contributed by atoms with van der Waals surface area (Å²) in [5.41, 5.74) is -3.27. The van der Waals surface area contributed by atoms with Crippen LogP contribution in [0.1, 0.15) is 35.3 Å². The molecule has 0 unspecified atom stereocenters. The Labute approximate surface area is 172 Å². The molecule has 2 N–H and O–H groups in total. The molecular weight excluding hydrogens is 425 g/mol. The Morgan fingerprint density at radius 3 is 2.21 bits per heavy atom. The summed E-state index contributed by atoms with van der Waals surface area (Å²) in [5, 5.41) is 2.59. The number of sulfonamides is 1. The van der Waals surface area contributed by atoms with Crippen LogP contribution < -0.4 is 10.0 Å². The molecule has 0 aromatic heterocycles. The molecule has 1 amide bonds. The number of halogens is 3. The average molecular weight is 447 g/mol. The monoisotopic (exact) mass is 446 g/mol. The third-order valence-electron chi connectivity index (χ3n) is 3.61. The summed E-state index contributed by atoms with van der Waals surface area (Å²) in [6.45, 7) is 3.56. The predicted molar refractivity (Wildman–Crippen MR) is 107 cm³/mol. The van der Waals surface area contributed by atoms with E-state index < -0.39 is 21.4 Å². The van der Waals surface area contributed by atoms with Crippen molar-refractivity contribution < 1.29 is 26.4 Å². The number of alkyl halides is 3. The quantitative estimate of drug-likeness (QED) is 0.600. The molecule has 158 valence electrons. The van der Waals surface area contributed by atoms with Gasteiger partial charge in [0.1, 0.15) is 0 Å². The van der Waals surface area contributed by atoms with E-state index in [1.165, 1.54) is 24.3 Å². The van der Waals surface area contributed by atoms with E-state index in [0.29, 0.717) is 11.1 Å². The minimum Gasteiger partial charge on any atom is -0.348 e. The van der Waals surface area contributed by atoms with Gasteiger partial charge < -0.3 is 5.32 Å². The van der Waals surface area contributed by atoms with Crippen LogP contribution in [0, 0.1) is 0 Å². The molecule has 0 aliphatic carbocycles. The molecule has 0 saturated carbocycles. The van der Waals surface area contributed by atoms with Gasteiger partial charge in [-0.2, -0.15) is 13.2 Å². The average Bonchev–Trinajstić information content (AvgIpc) is 2.58. The highest BCUT2D eigenvalue weighted by Gasteiger charge is 2.31. The minimum absolute atomic E-state index is 0.0581. The van der Waals surface area contributed by atoms with E-state index >= 15 is 0 Å². The third kappa shape index (κ3) is 8.08. The van der Waals surface area contributed by atoms with Gasteiger partial charge in [-0.3, -0.25) is 4.79 Å². The molecule has 0 aliphatic heterocycles. The van der Waals surface area contributed by atoms with Crippen molar-refractivity contribution in [2.45, 2.75) is 42.6 Å². The summed E-state index contributed by atoms with van der Waals surface area (Å²) < 4.78 is 64.3. The molecule has 2 aromatic rings. The first-order valence-electron chi connectivity index (χ1n) is 8.66. The van der Waals surface area contributed by atoms with Crippen LogP contribution >= 0.6 is 11.8 Å². The van der Waals surface area contributed by atoms with E-state index in [1.54, 1.807) is 38.1 Å². The summed E-state index contributed by atoms with van der Waals surface area (Å²) in [6, 6.07) is 11.9. The van der Waals surface area contributed by atoms with Crippen molar-refractivity contribution in [3.63, 3.8) is 0 Å². The van der Waals surface area contributed by atoms with E-state index in [2.05, 4.69) is 10.0 Å². The highest BCUT2D eigenvalue weighted by molar-refractivity contribution is 8.00. The second kappa shape index (κ2) is 9.64. The maximum Gasteiger partial charge on any atom is 0.446 e. The number of thioether (sulfide) groups is 1. The molecule has 2 rings (SSSR count). The lowest BCUT2D eigenvalue weighted by Crippen LogP contribution is -2.31. The maximum atomic E-state index is 12.6. The van der Waals surface area contributed by atoms with Crippen LogP contribution in [0.25, 0.3) is 0 Å². The Bertz CT molecular complexity index is 944. The zero-order chi connectivity index (χ0) is 21.7. The highest BCUT2D eigenvalue weighted by atomic mass is 32.2. The number of carbonyl (C=O) groups is 1. The van der Waals surface area contributed by atoms with Crippen molar-refractivity contribution in [1.82, 2.24) is 10.0 Å². The molecule has 0 bridgehead atoms. The maximum absolute atomic E-state index is 12.6. The zero-order valence-electron chi connectivity index (χ0n) is 15.8. The lowest BCUT2D eigenvalue weighted by molar-refractivity contribution is -0.0328. The fourth-order valence-corrected chi connectivity index (χ4v) is 4.62. The van der Waals surface area contributed by atoms with Crippen LogP contribution in [0.15, 0.2) is 53.4 Å². The van der Waals surface area contributed by atoms with Gasteiger partial charge in [0.15, 0.2) is 0 Å². The van der Waals surface area contributed by atoms with Crippen LogP contribution in [0.5, 0.6) is 0 Å². The van der Waals surface area contributed by atoms with Gasteiger partial charge in [-0.05, 0) is 48.9 Å². The molecule has 0 aliphatic rings. The number of amides is 1. The minimum atomic E-state index is -4.49. The first-order chi connectivity index (χ1) is 13.5. The molecule has 0 heterocycles. The van der Waals surface area contributed by atoms with Crippen LogP contribution in [0.4, 0.5) is 13.2 Å². The summed E-state index contributed by atoms with van der Waals surface area (Å²) >= 11 is -0.335. The number of rotatable bonds is 8. The van der Waals surface area contributed by atoms with Crippen molar-refractivity contribution in [3.8, 4) is 0 Å². The summed E-state index contributed by atoms with van der Waals surface area (Å²) in [7, 11) is -3.44. The molecule has 0 atom stereocenters. The van der Waals surface area contributed by atoms with Crippen molar-refractivity contribution in [2.24, 2.45) is 0 Å².